The van der Waals surface area contributed by atoms with Gasteiger partial charge in [-0.3, -0.25) is 9.59 Å². The first-order valence-electron chi connectivity index (χ1n) is 8.16. The van der Waals surface area contributed by atoms with Gasteiger partial charge in [0.15, 0.2) is 6.61 Å². The molecule has 7 heteroatoms. The molecule has 0 atom stereocenters. The first kappa shape index (κ1) is 18.5. The third kappa shape index (κ3) is 5.05. The molecule has 2 rings (SSSR count). The number of esters is 2. The molecule has 1 fully saturated rings. The predicted octanol–water partition coefficient (Wildman–Crippen LogP) is 1.52. The van der Waals surface area contributed by atoms with E-state index in [0.717, 1.165) is 0 Å². The fourth-order valence-electron chi connectivity index (χ4n) is 2.64. The van der Waals surface area contributed by atoms with Crippen LogP contribution in [0.3, 0.4) is 0 Å². The Morgan fingerprint density at radius 3 is 2.60 bits per heavy atom. The maximum atomic E-state index is 12.1. The molecule has 1 amide bonds. The van der Waals surface area contributed by atoms with E-state index in [2.05, 4.69) is 0 Å². The molecule has 7 nitrogen and oxygen atoms in total. The number of carbonyl (C=O) groups is 3. The number of hydrogen-bond acceptors (Lipinski definition) is 6. The summed E-state index contributed by atoms with van der Waals surface area (Å²) in [6.07, 6.45) is 1.09. The van der Waals surface area contributed by atoms with Crippen LogP contribution in [0.25, 0.3) is 0 Å². The largest absolute Gasteiger partial charge is 0.466 e. The molecule has 1 aromatic rings. The summed E-state index contributed by atoms with van der Waals surface area (Å²) in [4.78, 5) is 37.3. The summed E-state index contributed by atoms with van der Waals surface area (Å²) >= 11 is 0. The van der Waals surface area contributed by atoms with E-state index >= 15 is 0 Å². The standard InChI is InChI=1S/C18H20N2O5/c1-2-24-17(22)14-6-8-20(9-7-14)16(21)12-25-18(23)15-5-3-4-13(10-15)11-19/h3-5,10,14H,2,6-9,12H2,1H3. The first-order chi connectivity index (χ1) is 12.0. The highest BCUT2D eigenvalue weighted by atomic mass is 16.5. The van der Waals surface area contributed by atoms with E-state index in [4.69, 9.17) is 14.7 Å². The molecule has 1 aromatic carbocycles. The molecule has 0 N–H and O–H groups in total. The van der Waals surface area contributed by atoms with Gasteiger partial charge in [-0.2, -0.15) is 5.26 Å². The lowest BCUT2D eigenvalue weighted by molar-refractivity contribution is -0.151. The molecule has 25 heavy (non-hydrogen) atoms. The lowest BCUT2D eigenvalue weighted by Crippen LogP contribution is -2.42. The molecule has 0 radical (unpaired) electrons. The van der Waals surface area contributed by atoms with Gasteiger partial charge in [-0.15, -0.1) is 0 Å². The van der Waals surface area contributed by atoms with Crippen LogP contribution in [0, 0.1) is 17.2 Å². The number of carbonyl (C=O) groups excluding carboxylic acids is 3. The number of benzene rings is 1. The highest BCUT2D eigenvalue weighted by Crippen LogP contribution is 2.19. The van der Waals surface area contributed by atoms with E-state index < -0.39 is 5.97 Å². The van der Waals surface area contributed by atoms with Gasteiger partial charge in [0.1, 0.15) is 0 Å². The third-order valence-corrected chi connectivity index (χ3v) is 4.02. The molecule has 1 aliphatic heterocycles. The van der Waals surface area contributed by atoms with Crippen LogP contribution in [0.5, 0.6) is 0 Å². The predicted molar refractivity (Wildman–Crippen MR) is 87.4 cm³/mol. The maximum absolute atomic E-state index is 12.1. The van der Waals surface area contributed by atoms with Crippen LogP contribution in [-0.4, -0.2) is 49.0 Å². The number of nitriles is 1. The number of hydrogen-bond donors (Lipinski definition) is 0. The number of ether oxygens (including phenoxy) is 2. The van der Waals surface area contributed by atoms with Gasteiger partial charge in [0.05, 0.1) is 29.7 Å². The van der Waals surface area contributed by atoms with Crippen LogP contribution in [-0.2, 0) is 19.1 Å². The fraction of sp³-hybridized carbons (Fsp3) is 0.444. The number of nitrogens with zero attached hydrogens (tertiary/aromatic N) is 2. The van der Waals surface area contributed by atoms with E-state index in [1.165, 1.54) is 12.1 Å². The molecule has 0 aliphatic carbocycles. The molecular weight excluding hydrogens is 324 g/mol. The quantitative estimate of drug-likeness (QED) is 0.751. The molecule has 0 saturated carbocycles. The highest BCUT2D eigenvalue weighted by Gasteiger charge is 2.28. The van der Waals surface area contributed by atoms with Gasteiger partial charge in [-0.25, -0.2) is 4.79 Å². The van der Waals surface area contributed by atoms with Gasteiger partial charge in [-0.1, -0.05) is 6.07 Å². The molecule has 1 heterocycles. The van der Waals surface area contributed by atoms with Gasteiger partial charge < -0.3 is 14.4 Å². The monoisotopic (exact) mass is 344 g/mol. The molecular formula is C18H20N2O5. The van der Waals surface area contributed by atoms with Gasteiger partial charge in [0.25, 0.3) is 5.91 Å². The van der Waals surface area contributed by atoms with Crippen molar-refractivity contribution in [3.8, 4) is 6.07 Å². The minimum Gasteiger partial charge on any atom is -0.466 e. The van der Waals surface area contributed by atoms with Crippen LogP contribution in [0.4, 0.5) is 0 Å². The van der Waals surface area contributed by atoms with Gasteiger partial charge in [0, 0.05) is 13.1 Å². The molecule has 1 aliphatic rings. The molecule has 1 saturated heterocycles. The molecule has 0 spiro atoms. The first-order valence-corrected chi connectivity index (χ1v) is 8.16. The summed E-state index contributed by atoms with van der Waals surface area (Å²) in [5, 5.41) is 8.83. The zero-order chi connectivity index (χ0) is 18.2. The fourth-order valence-corrected chi connectivity index (χ4v) is 2.64. The topological polar surface area (TPSA) is 96.7 Å². The van der Waals surface area contributed by atoms with Crippen molar-refractivity contribution in [2.75, 3.05) is 26.3 Å². The Morgan fingerprint density at radius 2 is 1.96 bits per heavy atom. The van der Waals surface area contributed by atoms with Crippen molar-refractivity contribution in [3.63, 3.8) is 0 Å². The van der Waals surface area contributed by atoms with Gasteiger partial charge >= 0.3 is 11.9 Å². The Bertz CT molecular complexity index is 687. The van der Waals surface area contributed by atoms with Crippen molar-refractivity contribution in [2.24, 2.45) is 5.92 Å². The summed E-state index contributed by atoms with van der Waals surface area (Å²) < 4.78 is 10.0. The molecule has 132 valence electrons. The summed E-state index contributed by atoms with van der Waals surface area (Å²) in [7, 11) is 0. The average Bonchev–Trinajstić information content (AvgIpc) is 2.66. The van der Waals surface area contributed by atoms with E-state index in [1.54, 1.807) is 24.0 Å². The smallest absolute Gasteiger partial charge is 0.338 e. The Labute approximate surface area is 146 Å². The van der Waals surface area contributed by atoms with Crippen LogP contribution >= 0.6 is 0 Å². The second-order valence-electron chi connectivity index (χ2n) is 5.68. The van der Waals surface area contributed by atoms with Crippen LogP contribution in [0.2, 0.25) is 0 Å². The summed E-state index contributed by atoms with van der Waals surface area (Å²) in [6, 6.07) is 8.04. The van der Waals surface area contributed by atoms with E-state index in [0.29, 0.717) is 38.1 Å². The van der Waals surface area contributed by atoms with Crippen molar-refractivity contribution in [3.05, 3.63) is 35.4 Å². The molecule has 0 aromatic heterocycles. The van der Waals surface area contributed by atoms with Gasteiger partial charge in [0.2, 0.25) is 0 Å². The minimum atomic E-state index is -0.646. The van der Waals surface area contributed by atoms with E-state index in [9.17, 15) is 14.4 Å². The zero-order valence-electron chi connectivity index (χ0n) is 14.1. The van der Waals surface area contributed by atoms with Crippen LogP contribution < -0.4 is 0 Å². The van der Waals surface area contributed by atoms with Crippen molar-refractivity contribution >= 4 is 17.8 Å². The Morgan fingerprint density at radius 1 is 1.24 bits per heavy atom. The lowest BCUT2D eigenvalue weighted by atomic mass is 9.97. The Hall–Kier alpha value is -2.88. The third-order valence-electron chi connectivity index (χ3n) is 4.02. The number of piperidine rings is 1. The van der Waals surface area contributed by atoms with Crippen molar-refractivity contribution in [1.29, 1.82) is 5.26 Å². The summed E-state index contributed by atoms with van der Waals surface area (Å²) in [5.41, 5.74) is 0.578. The normalized spacial score (nSPS) is 14.5. The van der Waals surface area contributed by atoms with E-state index in [1.807, 2.05) is 6.07 Å². The van der Waals surface area contributed by atoms with Crippen molar-refractivity contribution < 1.29 is 23.9 Å². The van der Waals surface area contributed by atoms with Gasteiger partial charge in [-0.05, 0) is 38.0 Å². The Kier molecular flexibility index (Phi) is 6.52. The molecule has 0 unspecified atom stereocenters. The number of amides is 1. The Balaban J connectivity index is 1.80. The SMILES string of the molecule is CCOC(=O)C1CCN(C(=O)COC(=O)c2cccc(C#N)c2)CC1. The second kappa shape index (κ2) is 8.83. The summed E-state index contributed by atoms with van der Waals surface area (Å²) in [5.74, 6) is -1.35. The number of rotatable bonds is 5. The van der Waals surface area contributed by atoms with Crippen molar-refractivity contribution in [2.45, 2.75) is 19.8 Å². The van der Waals surface area contributed by atoms with Crippen LogP contribution in [0.15, 0.2) is 24.3 Å². The van der Waals surface area contributed by atoms with Crippen molar-refractivity contribution in [1.82, 2.24) is 4.90 Å². The number of likely N-dealkylation sites (tertiary alicyclic amines) is 1. The highest BCUT2D eigenvalue weighted by molar-refractivity contribution is 5.91. The maximum Gasteiger partial charge on any atom is 0.338 e. The lowest BCUT2D eigenvalue weighted by Gasteiger charge is -2.30. The summed E-state index contributed by atoms with van der Waals surface area (Å²) in [6.45, 7) is 2.62. The second-order valence-corrected chi connectivity index (χ2v) is 5.68. The zero-order valence-corrected chi connectivity index (χ0v) is 14.1. The van der Waals surface area contributed by atoms with E-state index in [-0.39, 0.29) is 30.0 Å². The minimum absolute atomic E-state index is 0.180. The average molecular weight is 344 g/mol. The van der Waals surface area contributed by atoms with Crippen LogP contribution in [0.1, 0.15) is 35.7 Å². The molecule has 0 bridgehead atoms.